The van der Waals surface area contributed by atoms with Gasteiger partial charge in [-0.15, -0.1) is 0 Å². The van der Waals surface area contributed by atoms with Crippen molar-refractivity contribution in [3.63, 3.8) is 0 Å². The lowest BCUT2D eigenvalue weighted by molar-refractivity contribution is -0.137. The molecular weight excluding hydrogens is 863 g/mol. The van der Waals surface area contributed by atoms with Crippen molar-refractivity contribution in [3.05, 3.63) is 119 Å². The third kappa shape index (κ3) is 8.14. The number of methoxy groups -OCH3 is 2. The van der Waals surface area contributed by atoms with Gasteiger partial charge in [-0.2, -0.15) is 8.78 Å². The molecule has 5 heterocycles. The van der Waals surface area contributed by atoms with Gasteiger partial charge >= 0.3 is 12.2 Å². The first-order valence-corrected chi connectivity index (χ1v) is 22.7. The SMILES string of the molecule is COC(=O)NC(C(=O)N1CCC[C@H]1c1ncc(-c2ccc3c(c2)C(F)(F)c2cc(-c4ccc5nc([C@@H]6CCCN6C(=O)[C@H](NC(=O)OC)c6ccccc6)[nH]c5c4)ccc2-3)[nH]1)C1CCOCC1. The average molecular weight is 913 g/mol. The molecule has 17 heteroatoms. The van der Waals surface area contributed by atoms with Crippen LogP contribution < -0.4 is 10.6 Å². The van der Waals surface area contributed by atoms with Crippen LogP contribution in [0.5, 0.6) is 0 Å². The van der Waals surface area contributed by atoms with Crippen molar-refractivity contribution in [3.8, 4) is 33.5 Å². The van der Waals surface area contributed by atoms with Crippen LogP contribution >= 0.6 is 0 Å². The van der Waals surface area contributed by atoms with Gasteiger partial charge < -0.3 is 44.6 Å². The second-order valence-electron chi connectivity index (χ2n) is 17.6. The monoisotopic (exact) mass is 912 g/mol. The summed E-state index contributed by atoms with van der Waals surface area (Å²) in [4.78, 5) is 72.5. The molecule has 4 atom stereocenters. The molecule has 1 unspecified atom stereocenters. The maximum atomic E-state index is 16.6. The van der Waals surface area contributed by atoms with Crippen molar-refractivity contribution in [1.29, 1.82) is 0 Å². The number of nitrogens with zero attached hydrogens (tertiary/aromatic N) is 4. The Balaban J connectivity index is 0.869. The third-order valence-corrected chi connectivity index (χ3v) is 13.7. The van der Waals surface area contributed by atoms with Crippen LogP contribution in [0.1, 0.15) is 85.0 Å². The fourth-order valence-electron chi connectivity index (χ4n) is 10.3. The lowest BCUT2D eigenvalue weighted by Crippen LogP contribution is -2.53. The van der Waals surface area contributed by atoms with Crippen LogP contribution in [-0.4, -0.2) is 100 Å². The summed E-state index contributed by atoms with van der Waals surface area (Å²) in [6.07, 6.45) is 4.28. The number of aromatic nitrogens is 4. The molecule has 0 spiro atoms. The van der Waals surface area contributed by atoms with E-state index in [-0.39, 0.29) is 40.9 Å². The Morgan fingerprint density at radius 2 is 1.34 bits per heavy atom. The van der Waals surface area contributed by atoms with Crippen LogP contribution in [-0.2, 0) is 29.7 Å². The van der Waals surface area contributed by atoms with E-state index in [1.54, 1.807) is 64.5 Å². The van der Waals surface area contributed by atoms with Gasteiger partial charge in [0.25, 0.3) is 11.8 Å². The Morgan fingerprint density at radius 1 is 0.731 bits per heavy atom. The highest BCUT2D eigenvalue weighted by Gasteiger charge is 2.45. The molecule has 3 aliphatic heterocycles. The first-order chi connectivity index (χ1) is 32.5. The number of benzene rings is 4. The highest BCUT2D eigenvalue weighted by atomic mass is 19.3. The van der Waals surface area contributed by atoms with E-state index in [1.807, 2.05) is 30.3 Å². The van der Waals surface area contributed by atoms with Crippen LogP contribution in [0.4, 0.5) is 18.4 Å². The molecule has 1 aliphatic carbocycles. The number of alkyl halides is 2. The molecule has 3 saturated heterocycles. The maximum Gasteiger partial charge on any atom is 0.407 e. The standard InChI is InChI=1S/C50H50F2N8O7/c1-65-48(63)57-42(28-8-4-3-5-9-28)46(61)60-21-7-11-41(60)45-54-37-17-14-31(26-38(37)55-45)30-12-15-33-34-16-13-32(25-36(34)50(51,52)35(33)24-30)39-27-53-44(56-39)40-10-6-20-59(40)47(62)43(58-49(64)66-2)29-18-22-67-23-19-29/h3-5,8-9,12-17,24-27,29,40-43H,6-7,10-11,18-23H2,1-2H3,(H,53,56)(H,54,55)(H,57,63)(H,58,64)/t40-,41-,42+,43?/m0/s1. The number of carbonyl (C=O) groups is 4. The number of halogens is 2. The smallest absolute Gasteiger partial charge is 0.407 e. The number of hydrogen-bond donors (Lipinski definition) is 4. The molecule has 0 radical (unpaired) electrons. The van der Waals surface area contributed by atoms with Gasteiger partial charge in [-0.1, -0.05) is 60.7 Å². The average Bonchev–Trinajstić information content (AvgIpc) is 4.23. The Bertz CT molecular complexity index is 2860. The number of amides is 4. The minimum atomic E-state index is -3.30. The van der Waals surface area contributed by atoms with Gasteiger partial charge in [0.15, 0.2) is 0 Å². The van der Waals surface area contributed by atoms with Gasteiger partial charge in [0.2, 0.25) is 5.91 Å². The summed E-state index contributed by atoms with van der Waals surface area (Å²) in [6.45, 7) is 1.97. The van der Waals surface area contributed by atoms with Crippen LogP contribution in [0.3, 0.4) is 0 Å². The number of alkyl carbamates (subject to hydrolysis) is 2. The molecular formula is C50H50F2N8O7. The van der Waals surface area contributed by atoms with E-state index < -0.39 is 30.2 Å². The number of nitrogens with one attached hydrogen (secondary N) is 4. The van der Waals surface area contributed by atoms with E-state index in [0.29, 0.717) is 114 Å². The van der Waals surface area contributed by atoms with Gasteiger partial charge in [0, 0.05) is 43.0 Å². The van der Waals surface area contributed by atoms with Gasteiger partial charge in [0.1, 0.15) is 23.7 Å². The highest BCUT2D eigenvalue weighted by molar-refractivity contribution is 5.89. The minimum absolute atomic E-state index is 0.0961. The summed E-state index contributed by atoms with van der Waals surface area (Å²) in [7, 11) is 2.52. The Morgan fingerprint density at radius 3 is 2.04 bits per heavy atom. The molecule has 4 aromatic carbocycles. The molecule has 0 saturated carbocycles. The minimum Gasteiger partial charge on any atom is -0.453 e. The summed E-state index contributed by atoms with van der Waals surface area (Å²) in [5, 5.41) is 5.45. The Labute approximate surface area is 384 Å². The van der Waals surface area contributed by atoms with Crippen molar-refractivity contribution in [1.82, 2.24) is 40.4 Å². The van der Waals surface area contributed by atoms with E-state index in [2.05, 4.69) is 25.6 Å². The van der Waals surface area contributed by atoms with Crippen LogP contribution in [0.2, 0.25) is 0 Å². The van der Waals surface area contributed by atoms with E-state index in [4.69, 9.17) is 19.2 Å². The second-order valence-corrected chi connectivity index (χ2v) is 17.6. The molecule has 0 bridgehead atoms. The number of hydrogen-bond acceptors (Lipinski definition) is 9. The molecule has 4 N–H and O–H groups in total. The zero-order valence-electron chi connectivity index (χ0n) is 37.0. The summed E-state index contributed by atoms with van der Waals surface area (Å²) < 4.78 is 48.5. The molecule has 2 aromatic heterocycles. The van der Waals surface area contributed by atoms with E-state index >= 15 is 8.78 Å². The normalized spacial score (nSPS) is 19.7. The number of rotatable bonds is 10. The third-order valence-electron chi connectivity index (χ3n) is 13.7. The van der Waals surface area contributed by atoms with Crippen LogP contribution in [0, 0.1) is 5.92 Å². The predicted molar refractivity (Wildman–Crippen MR) is 243 cm³/mol. The molecule has 10 rings (SSSR count). The summed E-state index contributed by atoms with van der Waals surface area (Å²) in [6, 6.07) is 22.3. The molecule has 4 aliphatic rings. The first kappa shape index (κ1) is 43.7. The van der Waals surface area contributed by atoms with Crippen LogP contribution in [0.15, 0.2) is 91.1 Å². The number of aromatic amines is 2. The van der Waals surface area contributed by atoms with Crippen molar-refractivity contribution in [2.45, 2.75) is 68.6 Å². The number of fused-ring (bicyclic) bond motifs is 4. The number of likely N-dealkylation sites (tertiary alicyclic amines) is 2. The van der Waals surface area contributed by atoms with Crippen molar-refractivity contribution < 1.29 is 42.2 Å². The number of imidazole rings is 2. The summed E-state index contributed by atoms with van der Waals surface area (Å²) >= 11 is 0. The lowest BCUT2D eigenvalue weighted by atomic mass is 9.90. The Kier molecular flexibility index (Phi) is 11.7. The fourth-order valence-corrected chi connectivity index (χ4v) is 10.3. The van der Waals surface area contributed by atoms with Gasteiger partial charge in [-0.3, -0.25) is 9.59 Å². The first-order valence-electron chi connectivity index (χ1n) is 22.7. The lowest BCUT2D eigenvalue weighted by Gasteiger charge is -2.34. The van der Waals surface area contributed by atoms with Crippen molar-refractivity contribution >= 4 is 35.0 Å². The Hall–Kier alpha value is -7.14. The van der Waals surface area contributed by atoms with Crippen LogP contribution in [0.25, 0.3) is 44.5 Å². The zero-order valence-corrected chi connectivity index (χ0v) is 37.0. The topological polar surface area (TPSA) is 184 Å². The number of ether oxygens (including phenoxy) is 3. The van der Waals surface area contributed by atoms with E-state index in [9.17, 15) is 19.2 Å². The molecule has 67 heavy (non-hydrogen) atoms. The summed E-state index contributed by atoms with van der Waals surface area (Å²) in [5.74, 6) is -2.76. The zero-order chi connectivity index (χ0) is 46.4. The molecule has 3 fully saturated rings. The molecule has 4 amide bonds. The van der Waals surface area contributed by atoms with Crippen molar-refractivity contribution in [2.24, 2.45) is 5.92 Å². The predicted octanol–water partition coefficient (Wildman–Crippen LogP) is 8.32. The maximum absolute atomic E-state index is 16.6. The molecule has 15 nitrogen and oxygen atoms in total. The van der Waals surface area contributed by atoms with Gasteiger partial charge in [-0.05, 0) is 96.5 Å². The molecule has 346 valence electrons. The number of carbonyl (C=O) groups excluding carboxylic acids is 4. The van der Waals surface area contributed by atoms with Gasteiger partial charge in [-0.25, -0.2) is 19.6 Å². The summed E-state index contributed by atoms with van der Waals surface area (Å²) in [5.41, 5.74) is 5.08. The largest absolute Gasteiger partial charge is 0.453 e. The van der Waals surface area contributed by atoms with E-state index in [0.717, 1.165) is 12.8 Å². The fraction of sp³-hybridized carbons (Fsp3) is 0.360. The van der Waals surface area contributed by atoms with Gasteiger partial charge in [0.05, 0.1) is 49.2 Å². The molecule has 6 aromatic rings. The number of H-pyrrole nitrogens is 2. The quantitative estimate of drug-likeness (QED) is 0.105. The van der Waals surface area contributed by atoms with Crippen molar-refractivity contribution in [2.75, 3.05) is 40.5 Å². The second kappa shape index (κ2) is 17.9. The van der Waals surface area contributed by atoms with E-state index in [1.165, 1.54) is 20.3 Å². The highest BCUT2D eigenvalue weighted by Crippen LogP contribution is 2.53.